The van der Waals surface area contributed by atoms with Gasteiger partial charge in [-0.1, -0.05) is 24.4 Å². The van der Waals surface area contributed by atoms with Crippen LogP contribution < -0.4 is 0 Å². The highest BCUT2D eigenvalue weighted by Gasteiger charge is 2.09. The Hall–Kier alpha value is 0.480. The van der Waals surface area contributed by atoms with Gasteiger partial charge >= 0.3 is 0 Å². The van der Waals surface area contributed by atoms with Gasteiger partial charge in [0.05, 0.1) is 0 Å². The summed E-state index contributed by atoms with van der Waals surface area (Å²) in [5.41, 5.74) is 0. The topological polar surface area (TPSA) is 6.48 Å². The Morgan fingerprint density at radius 2 is 1.40 bits per heavy atom. The summed E-state index contributed by atoms with van der Waals surface area (Å²) >= 11 is 10.5. The molecule has 0 unspecified atom stereocenters. The summed E-state index contributed by atoms with van der Waals surface area (Å²) < 4.78 is 1.80. The van der Waals surface area contributed by atoms with E-state index in [-0.39, 0.29) is 0 Å². The first-order chi connectivity index (χ1) is 7.06. The van der Waals surface area contributed by atoms with Crippen LogP contribution in [0, 0.1) is 0 Å². The molecule has 0 spiro atoms. The zero-order valence-corrected chi connectivity index (χ0v) is 12.9. The van der Waals surface area contributed by atoms with Crippen LogP contribution in [0.5, 0.6) is 0 Å². The van der Waals surface area contributed by atoms with Gasteiger partial charge in [-0.2, -0.15) is 0 Å². The van der Waals surface area contributed by atoms with E-state index in [9.17, 15) is 0 Å². The van der Waals surface area contributed by atoms with Crippen LogP contribution in [0.25, 0.3) is 0 Å². The lowest BCUT2D eigenvalue weighted by molar-refractivity contribution is 0.482. The van der Waals surface area contributed by atoms with E-state index in [1.807, 2.05) is 11.9 Å². The molecule has 88 valence electrons. The van der Waals surface area contributed by atoms with Crippen LogP contribution in [0.2, 0.25) is 0 Å². The molecule has 0 aromatic carbocycles. The Labute approximate surface area is 112 Å². The van der Waals surface area contributed by atoms with Crippen molar-refractivity contribution in [3.63, 3.8) is 0 Å². The maximum atomic E-state index is 5.30. The summed E-state index contributed by atoms with van der Waals surface area (Å²) in [6.45, 7) is 9.15. The summed E-state index contributed by atoms with van der Waals surface area (Å²) in [5.74, 6) is 0. The summed E-state index contributed by atoms with van der Waals surface area (Å²) in [7, 11) is 5.14. The molecule has 0 N–H and O–H groups in total. The van der Waals surface area contributed by atoms with Crippen LogP contribution in [0.4, 0.5) is 0 Å². The molecule has 0 aliphatic rings. The van der Waals surface area contributed by atoms with E-state index in [2.05, 4.69) is 25.7 Å². The van der Waals surface area contributed by atoms with Gasteiger partial charge in [-0.25, -0.2) is 0 Å². The van der Waals surface area contributed by atoms with Crippen molar-refractivity contribution in [1.82, 2.24) is 9.80 Å². The lowest BCUT2D eigenvalue weighted by atomic mass is 10.6. The second-order valence-corrected chi connectivity index (χ2v) is 6.28. The van der Waals surface area contributed by atoms with Gasteiger partial charge in [0.1, 0.15) is 8.64 Å². The highest BCUT2D eigenvalue weighted by Crippen LogP contribution is 2.27. The van der Waals surface area contributed by atoms with Gasteiger partial charge < -0.3 is 9.80 Å². The Balaban J connectivity index is 3.94. The maximum absolute atomic E-state index is 5.30. The first-order valence-electron chi connectivity index (χ1n) is 4.95. The molecule has 0 bridgehead atoms. The van der Waals surface area contributed by atoms with E-state index >= 15 is 0 Å². The van der Waals surface area contributed by atoms with Crippen LogP contribution >= 0.6 is 46.0 Å². The summed E-state index contributed by atoms with van der Waals surface area (Å²) in [6, 6.07) is 0. The number of hydrogen-bond acceptors (Lipinski definition) is 4. The molecule has 0 radical (unpaired) electrons. The molecule has 0 atom stereocenters. The maximum Gasteiger partial charge on any atom is 0.147 e. The summed E-state index contributed by atoms with van der Waals surface area (Å²) in [5, 5.41) is 0. The Bertz CT molecular complexity index is 216. The zero-order chi connectivity index (χ0) is 11.8. The highest BCUT2D eigenvalue weighted by molar-refractivity contribution is 8.89. The predicted molar refractivity (Wildman–Crippen MR) is 81.6 cm³/mol. The quantitative estimate of drug-likeness (QED) is 0.575. The van der Waals surface area contributed by atoms with Gasteiger partial charge in [0.15, 0.2) is 0 Å². The van der Waals surface area contributed by atoms with Crippen molar-refractivity contribution in [2.75, 3.05) is 26.7 Å². The standard InChI is InChI=1S/C9H18N2S4/c1-5-10(4)8(12)14-15-9(13)11(6-2)7-3/h5-7H2,1-4H3. The third kappa shape index (κ3) is 5.94. The number of rotatable bonds is 3. The normalized spacial score (nSPS) is 9.87. The first kappa shape index (κ1) is 15.5. The average Bonchev–Trinajstić information content (AvgIpc) is 2.26. The van der Waals surface area contributed by atoms with Crippen LogP contribution in [0.1, 0.15) is 20.8 Å². The Morgan fingerprint density at radius 3 is 1.80 bits per heavy atom. The van der Waals surface area contributed by atoms with Crippen LogP contribution in [-0.2, 0) is 0 Å². The lowest BCUT2D eigenvalue weighted by Gasteiger charge is -2.21. The van der Waals surface area contributed by atoms with Crippen molar-refractivity contribution in [1.29, 1.82) is 0 Å². The summed E-state index contributed by atoms with van der Waals surface area (Å²) in [4.78, 5) is 4.19. The number of hydrogen-bond donors (Lipinski definition) is 0. The molecule has 6 heteroatoms. The molecular weight excluding hydrogens is 264 g/mol. The first-order valence-corrected chi connectivity index (χ1v) is 7.91. The minimum Gasteiger partial charge on any atom is -0.360 e. The largest absolute Gasteiger partial charge is 0.360 e. The minimum absolute atomic E-state index is 0.886. The molecule has 15 heavy (non-hydrogen) atoms. The van der Waals surface area contributed by atoms with E-state index in [0.29, 0.717) is 0 Å². The smallest absolute Gasteiger partial charge is 0.147 e. The fourth-order valence-electron chi connectivity index (χ4n) is 0.799. The van der Waals surface area contributed by atoms with Crippen LogP contribution in [0.15, 0.2) is 0 Å². The van der Waals surface area contributed by atoms with E-state index < -0.39 is 0 Å². The molecular formula is C9H18N2S4. The fraction of sp³-hybridized carbons (Fsp3) is 0.778. The molecule has 0 amide bonds. The molecule has 2 nitrogen and oxygen atoms in total. The van der Waals surface area contributed by atoms with E-state index in [0.717, 1.165) is 28.3 Å². The van der Waals surface area contributed by atoms with Gasteiger partial charge in [-0.3, -0.25) is 0 Å². The molecule has 0 aromatic rings. The number of thiocarbonyl (C=S) groups is 2. The second kappa shape index (κ2) is 8.61. The van der Waals surface area contributed by atoms with E-state index in [1.54, 1.807) is 21.6 Å². The lowest BCUT2D eigenvalue weighted by Crippen LogP contribution is -2.27. The van der Waals surface area contributed by atoms with Crippen molar-refractivity contribution in [3.05, 3.63) is 0 Å². The van der Waals surface area contributed by atoms with E-state index in [4.69, 9.17) is 24.4 Å². The van der Waals surface area contributed by atoms with E-state index in [1.165, 1.54) is 0 Å². The molecule has 0 aliphatic carbocycles. The zero-order valence-electron chi connectivity index (χ0n) is 9.65. The molecule has 0 aliphatic heterocycles. The molecule has 0 saturated heterocycles. The average molecular weight is 283 g/mol. The SMILES string of the molecule is CCN(C)C(=S)SSC(=S)N(CC)CC. The predicted octanol–water partition coefficient (Wildman–Crippen LogP) is 3.23. The van der Waals surface area contributed by atoms with Crippen LogP contribution in [0.3, 0.4) is 0 Å². The van der Waals surface area contributed by atoms with Crippen LogP contribution in [-0.4, -0.2) is 45.1 Å². The molecule has 0 aromatic heterocycles. The third-order valence-corrected chi connectivity index (χ3v) is 5.83. The molecule has 0 fully saturated rings. The van der Waals surface area contributed by atoms with Gasteiger partial charge in [-0.05, 0) is 42.4 Å². The minimum atomic E-state index is 0.886. The van der Waals surface area contributed by atoms with Crippen molar-refractivity contribution >= 4 is 54.7 Å². The van der Waals surface area contributed by atoms with Gasteiger partial charge in [0, 0.05) is 26.7 Å². The second-order valence-electron chi connectivity index (χ2n) is 2.88. The molecule has 0 saturated carbocycles. The van der Waals surface area contributed by atoms with Gasteiger partial charge in [-0.15, -0.1) is 0 Å². The monoisotopic (exact) mass is 282 g/mol. The number of nitrogens with zero attached hydrogens (tertiary/aromatic N) is 2. The van der Waals surface area contributed by atoms with Gasteiger partial charge in [0.25, 0.3) is 0 Å². The Kier molecular flexibility index (Phi) is 8.89. The summed E-state index contributed by atoms with van der Waals surface area (Å²) in [6.07, 6.45) is 0. The Morgan fingerprint density at radius 1 is 0.933 bits per heavy atom. The van der Waals surface area contributed by atoms with Gasteiger partial charge in [0.2, 0.25) is 0 Å². The third-order valence-electron chi connectivity index (χ3n) is 1.99. The molecule has 0 rings (SSSR count). The van der Waals surface area contributed by atoms with Crippen molar-refractivity contribution in [3.8, 4) is 0 Å². The fourth-order valence-corrected chi connectivity index (χ4v) is 3.69. The van der Waals surface area contributed by atoms with Crippen molar-refractivity contribution in [2.24, 2.45) is 0 Å². The molecule has 0 heterocycles. The van der Waals surface area contributed by atoms with Crippen molar-refractivity contribution < 1.29 is 0 Å². The highest BCUT2D eigenvalue weighted by atomic mass is 33.1. The van der Waals surface area contributed by atoms with Crippen molar-refractivity contribution in [2.45, 2.75) is 20.8 Å².